The lowest BCUT2D eigenvalue weighted by Crippen LogP contribution is -2.27. The van der Waals surface area contributed by atoms with Crippen molar-refractivity contribution in [3.05, 3.63) is 54.1 Å². The van der Waals surface area contributed by atoms with Gasteiger partial charge < -0.3 is 15.5 Å². The lowest BCUT2D eigenvalue weighted by atomic mass is 10.3. The van der Waals surface area contributed by atoms with Crippen LogP contribution in [0.3, 0.4) is 0 Å². The molecule has 9 heteroatoms. The monoisotopic (exact) mass is 411 g/mol. The summed E-state index contributed by atoms with van der Waals surface area (Å²) in [4.78, 5) is 26.6. The van der Waals surface area contributed by atoms with Crippen molar-refractivity contribution >= 4 is 35.0 Å². The molecule has 0 aliphatic carbocycles. The van der Waals surface area contributed by atoms with Crippen molar-refractivity contribution in [1.82, 2.24) is 24.4 Å². The summed E-state index contributed by atoms with van der Waals surface area (Å²) in [7, 11) is 0. The Hall–Kier alpha value is -3.13. The third kappa shape index (κ3) is 4.65. The third-order valence-electron chi connectivity index (χ3n) is 4.74. The van der Waals surface area contributed by atoms with Crippen LogP contribution in [0, 0.1) is 0 Å². The van der Waals surface area contributed by atoms with Gasteiger partial charge in [0.15, 0.2) is 0 Å². The molecular formula is C20H22ClN7O. The number of nitrogens with zero attached hydrogens (tertiary/aromatic N) is 5. The topological polar surface area (TPSA) is 88.0 Å². The zero-order chi connectivity index (χ0) is 20.1. The number of hydrogen-bond donors (Lipinski definition) is 2. The van der Waals surface area contributed by atoms with Crippen molar-refractivity contribution < 1.29 is 4.79 Å². The summed E-state index contributed by atoms with van der Waals surface area (Å²) < 4.78 is 1.83. The van der Waals surface area contributed by atoms with E-state index < -0.39 is 0 Å². The van der Waals surface area contributed by atoms with Gasteiger partial charge in [-0.25, -0.2) is 15.0 Å². The van der Waals surface area contributed by atoms with E-state index in [9.17, 15) is 4.79 Å². The number of para-hydroxylation sites is 1. The normalized spacial score (nSPS) is 13.7. The standard InChI is InChI=1S/C20H22ClN7O/c21-15-5-1-2-6-16(15)26-20-23-9-12-28(20)18-13-17(24-14-25-18)22-8-4-11-27-10-3-7-19(27)29/h1-2,5-6,9,12-14H,3-4,7-8,10-11H2,(H,23,26)(H,22,24,25). The maximum absolute atomic E-state index is 11.7. The van der Waals surface area contributed by atoms with E-state index in [1.54, 1.807) is 6.20 Å². The average molecular weight is 412 g/mol. The van der Waals surface area contributed by atoms with Crippen LogP contribution in [0.5, 0.6) is 0 Å². The highest BCUT2D eigenvalue weighted by Crippen LogP contribution is 2.25. The van der Waals surface area contributed by atoms with E-state index in [1.165, 1.54) is 6.33 Å². The Labute approximate surface area is 173 Å². The summed E-state index contributed by atoms with van der Waals surface area (Å²) in [6.07, 6.45) is 7.55. The van der Waals surface area contributed by atoms with E-state index in [-0.39, 0.29) is 5.91 Å². The molecule has 1 aromatic carbocycles. The lowest BCUT2D eigenvalue weighted by Gasteiger charge is -2.15. The summed E-state index contributed by atoms with van der Waals surface area (Å²) in [5, 5.41) is 7.14. The summed E-state index contributed by atoms with van der Waals surface area (Å²) in [6.45, 7) is 2.38. The number of rotatable bonds is 8. The zero-order valence-electron chi connectivity index (χ0n) is 15.9. The average Bonchev–Trinajstić information content (AvgIpc) is 3.36. The van der Waals surface area contributed by atoms with Crippen LogP contribution in [0.2, 0.25) is 5.02 Å². The molecule has 1 amide bonds. The molecule has 0 atom stereocenters. The van der Waals surface area contributed by atoms with Crippen LogP contribution in [-0.4, -0.2) is 50.0 Å². The first-order chi connectivity index (χ1) is 14.2. The van der Waals surface area contributed by atoms with Gasteiger partial charge in [0.25, 0.3) is 0 Å². The SMILES string of the molecule is O=C1CCCN1CCCNc1cc(-n2ccnc2Nc2ccccc2Cl)ncn1. The van der Waals surface area contributed by atoms with Gasteiger partial charge in [-0.15, -0.1) is 0 Å². The Bertz CT molecular complexity index is 990. The van der Waals surface area contributed by atoms with E-state index in [4.69, 9.17) is 11.6 Å². The van der Waals surface area contributed by atoms with Crippen LogP contribution >= 0.6 is 11.6 Å². The highest BCUT2D eigenvalue weighted by atomic mass is 35.5. The van der Waals surface area contributed by atoms with Crippen molar-refractivity contribution in [3.8, 4) is 5.82 Å². The van der Waals surface area contributed by atoms with Gasteiger partial charge in [0.1, 0.15) is 18.0 Å². The minimum atomic E-state index is 0.257. The quantitative estimate of drug-likeness (QED) is 0.552. The molecule has 150 valence electrons. The number of likely N-dealkylation sites (tertiary alicyclic amines) is 1. The van der Waals surface area contributed by atoms with E-state index in [0.29, 0.717) is 23.2 Å². The van der Waals surface area contributed by atoms with Gasteiger partial charge in [0.05, 0.1) is 10.7 Å². The van der Waals surface area contributed by atoms with Gasteiger partial charge >= 0.3 is 0 Å². The molecule has 2 aromatic heterocycles. The molecule has 0 radical (unpaired) electrons. The van der Waals surface area contributed by atoms with Crippen LogP contribution in [0.1, 0.15) is 19.3 Å². The molecule has 0 spiro atoms. The van der Waals surface area contributed by atoms with Crippen LogP contribution in [0.4, 0.5) is 17.5 Å². The van der Waals surface area contributed by atoms with E-state index >= 15 is 0 Å². The minimum absolute atomic E-state index is 0.257. The predicted molar refractivity (Wildman–Crippen MR) is 113 cm³/mol. The Kier molecular flexibility index (Phi) is 5.90. The fraction of sp³-hybridized carbons (Fsp3) is 0.300. The van der Waals surface area contributed by atoms with Crippen LogP contribution < -0.4 is 10.6 Å². The second-order valence-electron chi connectivity index (χ2n) is 6.75. The first-order valence-electron chi connectivity index (χ1n) is 9.60. The summed E-state index contributed by atoms with van der Waals surface area (Å²) in [5.41, 5.74) is 0.769. The van der Waals surface area contributed by atoms with Crippen LogP contribution in [0.15, 0.2) is 49.1 Å². The highest BCUT2D eigenvalue weighted by molar-refractivity contribution is 6.33. The van der Waals surface area contributed by atoms with Crippen LogP contribution in [-0.2, 0) is 4.79 Å². The Morgan fingerprint density at radius 3 is 2.90 bits per heavy atom. The van der Waals surface area contributed by atoms with Crippen molar-refractivity contribution in [2.75, 3.05) is 30.3 Å². The first kappa shape index (κ1) is 19.2. The molecule has 1 saturated heterocycles. The molecule has 4 rings (SSSR count). The number of carbonyl (C=O) groups is 1. The van der Waals surface area contributed by atoms with Gasteiger partial charge in [-0.1, -0.05) is 23.7 Å². The van der Waals surface area contributed by atoms with Gasteiger partial charge in [0, 0.05) is 44.5 Å². The molecule has 0 unspecified atom stereocenters. The molecule has 2 N–H and O–H groups in total. The maximum atomic E-state index is 11.7. The molecule has 3 aromatic rings. The second-order valence-corrected chi connectivity index (χ2v) is 7.16. The van der Waals surface area contributed by atoms with E-state index in [1.807, 2.05) is 46.0 Å². The number of imidazole rings is 1. The largest absolute Gasteiger partial charge is 0.370 e. The van der Waals surface area contributed by atoms with E-state index in [0.717, 1.165) is 44.0 Å². The number of carbonyl (C=O) groups excluding carboxylic acids is 1. The maximum Gasteiger partial charge on any atom is 0.222 e. The van der Waals surface area contributed by atoms with Gasteiger partial charge in [-0.3, -0.25) is 9.36 Å². The Morgan fingerprint density at radius 1 is 1.17 bits per heavy atom. The number of nitrogens with one attached hydrogen (secondary N) is 2. The third-order valence-corrected chi connectivity index (χ3v) is 5.07. The number of aromatic nitrogens is 4. The summed E-state index contributed by atoms with van der Waals surface area (Å²) in [6, 6.07) is 9.35. The minimum Gasteiger partial charge on any atom is -0.370 e. The Balaban J connectivity index is 1.39. The van der Waals surface area contributed by atoms with Crippen molar-refractivity contribution in [2.24, 2.45) is 0 Å². The summed E-state index contributed by atoms with van der Waals surface area (Å²) >= 11 is 6.23. The molecule has 0 saturated carbocycles. The molecule has 8 nitrogen and oxygen atoms in total. The highest BCUT2D eigenvalue weighted by Gasteiger charge is 2.18. The smallest absolute Gasteiger partial charge is 0.222 e. The predicted octanol–water partition coefficient (Wildman–Crippen LogP) is 3.48. The number of halogens is 1. The van der Waals surface area contributed by atoms with Crippen molar-refractivity contribution in [3.63, 3.8) is 0 Å². The molecular weight excluding hydrogens is 390 g/mol. The van der Waals surface area contributed by atoms with E-state index in [2.05, 4.69) is 25.6 Å². The van der Waals surface area contributed by atoms with Crippen molar-refractivity contribution in [2.45, 2.75) is 19.3 Å². The zero-order valence-corrected chi connectivity index (χ0v) is 16.6. The first-order valence-corrected chi connectivity index (χ1v) is 9.97. The molecule has 3 heterocycles. The number of benzene rings is 1. The molecule has 29 heavy (non-hydrogen) atoms. The second kappa shape index (κ2) is 8.91. The Morgan fingerprint density at radius 2 is 2.07 bits per heavy atom. The summed E-state index contributed by atoms with van der Waals surface area (Å²) in [5.74, 6) is 2.27. The molecule has 0 bridgehead atoms. The molecule has 1 aliphatic rings. The fourth-order valence-electron chi connectivity index (χ4n) is 3.27. The van der Waals surface area contributed by atoms with Gasteiger partial charge in [-0.2, -0.15) is 0 Å². The van der Waals surface area contributed by atoms with Crippen LogP contribution in [0.25, 0.3) is 5.82 Å². The number of amides is 1. The molecule has 1 fully saturated rings. The van der Waals surface area contributed by atoms with Crippen molar-refractivity contribution in [1.29, 1.82) is 0 Å². The van der Waals surface area contributed by atoms with Gasteiger partial charge in [0.2, 0.25) is 11.9 Å². The lowest BCUT2D eigenvalue weighted by molar-refractivity contribution is -0.127. The number of hydrogen-bond acceptors (Lipinski definition) is 6. The van der Waals surface area contributed by atoms with Gasteiger partial charge in [-0.05, 0) is 25.0 Å². The fourth-order valence-corrected chi connectivity index (χ4v) is 3.45. The number of anilines is 3. The molecule has 1 aliphatic heterocycles.